The van der Waals surface area contributed by atoms with Crippen LogP contribution in [-0.4, -0.2) is 67.1 Å². The van der Waals surface area contributed by atoms with Gasteiger partial charge in [-0.15, -0.1) is 0 Å². The summed E-state index contributed by atoms with van der Waals surface area (Å²) in [6.45, 7) is 7.90. The predicted molar refractivity (Wildman–Crippen MR) is 93.1 cm³/mol. The number of nitriles is 1. The van der Waals surface area contributed by atoms with Crippen molar-refractivity contribution in [2.75, 3.05) is 46.3 Å². The average Bonchev–Trinajstić information content (AvgIpc) is 2.59. The molecule has 0 bridgehead atoms. The fourth-order valence-corrected chi connectivity index (χ4v) is 3.81. The third kappa shape index (κ3) is 4.32. The maximum atomic E-state index is 9.22. The van der Waals surface area contributed by atoms with Crippen LogP contribution in [0, 0.1) is 11.3 Å². The fourth-order valence-electron chi connectivity index (χ4n) is 3.81. The van der Waals surface area contributed by atoms with Gasteiger partial charge in [-0.1, -0.05) is 24.6 Å². The summed E-state index contributed by atoms with van der Waals surface area (Å²) >= 11 is 0. The summed E-state index contributed by atoms with van der Waals surface area (Å²) in [5.74, 6) is 0. The first-order valence-corrected chi connectivity index (χ1v) is 8.89. The standard InChI is InChI=1S/C19H28N4/c1-21-9-5-4-8-19(21)16-23-12-10-22(11-13-23)15-18-7-3-2-6-17(18)14-20/h2-3,6-7,19H,4-5,8-13,15-16H2,1H3/t19-/m0/s1. The first-order chi connectivity index (χ1) is 11.3. The van der Waals surface area contributed by atoms with E-state index in [1.165, 1.54) is 32.4 Å². The van der Waals surface area contributed by atoms with Gasteiger partial charge >= 0.3 is 0 Å². The Hall–Kier alpha value is -1.41. The molecule has 2 fully saturated rings. The van der Waals surface area contributed by atoms with Gasteiger partial charge in [0.05, 0.1) is 11.6 Å². The lowest BCUT2D eigenvalue weighted by Gasteiger charge is -2.40. The number of likely N-dealkylation sites (tertiary alicyclic amines) is 1. The van der Waals surface area contributed by atoms with E-state index in [-0.39, 0.29) is 0 Å². The molecule has 4 nitrogen and oxygen atoms in total. The number of piperidine rings is 1. The number of benzene rings is 1. The van der Waals surface area contributed by atoms with E-state index in [1.54, 1.807) is 0 Å². The van der Waals surface area contributed by atoms with Crippen molar-refractivity contribution >= 4 is 0 Å². The molecule has 0 unspecified atom stereocenters. The molecule has 2 saturated heterocycles. The molecule has 0 N–H and O–H groups in total. The van der Waals surface area contributed by atoms with Crippen molar-refractivity contribution in [1.29, 1.82) is 5.26 Å². The van der Waals surface area contributed by atoms with Gasteiger partial charge in [0.15, 0.2) is 0 Å². The van der Waals surface area contributed by atoms with E-state index in [2.05, 4.69) is 33.9 Å². The van der Waals surface area contributed by atoms with Crippen LogP contribution in [0.1, 0.15) is 30.4 Å². The van der Waals surface area contributed by atoms with Gasteiger partial charge < -0.3 is 4.90 Å². The van der Waals surface area contributed by atoms with E-state index >= 15 is 0 Å². The van der Waals surface area contributed by atoms with Gasteiger partial charge in [-0.3, -0.25) is 9.80 Å². The first kappa shape index (κ1) is 16.4. The highest BCUT2D eigenvalue weighted by molar-refractivity contribution is 5.37. The summed E-state index contributed by atoms with van der Waals surface area (Å²) in [7, 11) is 2.28. The number of hydrogen-bond donors (Lipinski definition) is 0. The Balaban J connectivity index is 1.48. The lowest BCUT2D eigenvalue weighted by atomic mass is 10.0. The van der Waals surface area contributed by atoms with Crippen molar-refractivity contribution in [3.63, 3.8) is 0 Å². The van der Waals surface area contributed by atoms with E-state index in [1.807, 2.05) is 18.2 Å². The van der Waals surface area contributed by atoms with Crippen molar-refractivity contribution in [3.05, 3.63) is 35.4 Å². The highest BCUT2D eigenvalue weighted by Gasteiger charge is 2.24. The van der Waals surface area contributed by atoms with Crippen LogP contribution in [0.25, 0.3) is 0 Å². The Kier molecular flexibility index (Phi) is 5.66. The molecule has 2 heterocycles. The van der Waals surface area contributed by atoms with Gasteiger partial charge in [-0.2, -0.15) is 5.26 Å². The van der Waals surface area contributed by atoms with Gasteiger partial charge in [0, 0.05) is 45.3 Å². The highest BCUT2D eigenvalue weighted by atomic mass is 15.3. The third-order valence-corrected chi connectivity index (χ3v) is 5.39. The first-order valence-electron chi connectivity index (χ1n) is 8.89. The number of hydrogen-bond acceptors (Lipinski definition) is 4. The van der Waals surface area contributed by atoms with Gasteiger partial charge in [-0.05, 0) is 38.1 Å². The monoisotopic (exact) mass is 312 g/mol. The molecule has 124 valence electrons. The molecule has 2 aliphatic heterocycles. The van der Waals surface area contributed by atoms with Crippen LogP contribution in [0.4, 0.5) is 0 Å². The number of nitrogens with zero attached hydrogens (tertiary/aromatic N) is 4. The molecular formula is C19H28N4. The topological polar surface area (TPSA) is 33.5 Å². The largest absolute Gasteiger partial charge is 0.302 e. The smallest absolute Gasteiger partial charge is 0.0995 e. The van der Waals surface area contributed by atoms with E-state index in [0.717, 1.165) is 49.9 Å². The summed E-state index contributed by atoms with van der Waals surface area (Å²) in [6, 6.07) is 11.0. The molecule has 2 aliphatic rings. The second-order valence-electron chi connectivity index (χ2n) is 6.98. The van der Waals surface area contributed by atoms with Crippen LogP contribution >= 0.6 is 0 Å². The van der Waals surface area contributed by atoms with Crippen LogP contribution < -0.4 is 0 Å². The summed E-state index contributed by atoms with van der Waals surface area (Å²) in [4.78, 5) is 7.65. The third-order valence-electron chi connectivity index (χ3n) is 5.39. The zero-order valence-corrected chi connectivity index (χ0v) is 14.2. The van der Waals surface area contributed by atoms with Crippen LogP contribution in [0.3, 0.4) is 0 Å². The predicted octanol–water partition coefficient (Wildman–Crippen LogP) is 2.16. The Morgan fingerprint density at radius 3 is 2.52 bits per heavy atom. The maximum Gasteiger partial charge on any atom is 0.0995 e. The number of piperazine rings is 1. The lowest BCUT2D eigenvalue weighted by molar-refractivity contribution is 0.0817. The molecule has 3 rings (SSSR count). The van der Waals surface area contributed by atoms with Crippen LogP contribution in [-0.2, 0) is 6.54 Å². The van der Waals surface area contributed by atoms with Crippen LogP contribution in [0.15, 0.2) is 24.3 Å². The van der Waals surface area contributed by atoms with E-state index < -0.39 is 0 Å². The molecule has 1 aromatic carbocycles. The molecule has 4 heteroatoms. The summed E-state index contributed by atoms with van der Waals surface area (Å²) < 4.78 is 0. The summed E-state index contributed by atoms with van der Waals surface area (Å²) in [5, 5.41) is 9.22. The van der Waals surface area contributed by atoms with E-state index in [4.69, 9.17) is 0 Å². The second-order valence-corrected chi connectivity index (χ2v) is 6.98. The van der Waals surface area contributed by atoms with Crippen molar-refractivity contribution in [2.45, 2.75) is 31.8 Å². The zero-order valence-electron chi connectivity index (χ0n) is 14.2. The van der Waals surface area contributed by atoms with Gasteiger partial charge in [0.25, 0.3) is 0 Å². The van der Waals surface area contributed by atoms with Crippen molar-refractivity contribution in [3.8, 4) is 6.07 Å². The minimum atomic E-state index is 0.745. The Morgan fingerprint density at radius 1 is 1.04 bits per heavy atom. The van der Waals surface area contributed by atoms with Gasteiger partial charge in [-0.25, -0.2) is 0 Å². The minimum Gasteiger partial charge on any atom is -0.302 e. The maximum absolute atomic E-state index is 9.22. The van der Waals surface area contributed by atoms with E-state index in [9.17, 15) is 5.26 Å². The number of likely N-dealkylation sites (N-methyl/N-ethyl adjacent to an activating group) is 1. The van der Waals surface area contributed by atoms with Crippen LogP contribution in [0.5, 0.6) is 0 Å². The quantitative estimate of drug-likeness (QED) is 0.853. The lowest BCUT2D eigenvalue weighted by Crippen LogP contribution is -2.51. The normalized spacial score (nSPS) is 24.4. The molecule has 0 amide bonds. The van der Waals surface area contributed by atoms with Gasteiger partial charge in [0.2, 0.25) is 0 Å². The molecule has 0 saturated carbocycles. The molecule has 0 radical (unpaired) electrons. The molecule has 0 spiro atoms. The SMILES string of the molecule is CN1CCCC[C@H]1CN1CCN(Cc2ccccc2C#N)CC1. The molecule has 1 atom stereocenters. The Morgan fingerprint density at radius 2 is 1.78 bits per heavy atom. The summed E-state index contributed by atoms with van der Waals surface area (Å²) in [5.41, 5.74) is 1.98. The molecule has 0 aliphatic carbocycles. The van der Waals surface area contributed by atoms with Crippen molar-refractivity contribution in [2.24, 2.45) is 0 Å². The number of rotatable bonds is 4. The molecular weight excluding hydrogens is 284 g/mol. The molecule has 1 aromatic rings. The minimum absolute atomic E-state index is 0.745. The van der Waals surface area contributed by atoms with Crippen molar-refractivity contribution in [1.82, 2.24) is 14.7 Å². The second kappa shape index (κ2) is 7.92. The zero-order chi connectivity index (χ0) is 16.1. The fraction of sp³-hybridized carbons (Fsp3) is 0.632. The Labute approximate surface area is 140 Å². The highest BCUT2D eigenvalue weighted by Crippen LogP contribution is 2.18. The molecule has 0 aromatic heterocycles. The van der Waals surface area contributed by atoms with Crippen molar-refractivity contribution < 1.29 is 0 Å². The van der Waals surface area contributed by atoms with E-state index in [0.29, 0.717) is 0 Å². The summed E-state index contributed by atoms with van der Waals surface area (Å²) in [6.07, 6.45) is 4.10. The Bertz CT molecular complexity index is 543. The molecule has 23 heavy (non-hydrogen) atoms. The average molecular weight is 312 g/mol. The van der Waals surface area contributed by atoms with Gasteiger partial charge in [0.1, 0.15) is 0 Å². The van der Waals surface area contributed by atoms with Crippen LogP contribution in [0.2, 0.25) is 0 Å².